The van der Waals surface area contributed by atoms with Gasteiger partial charge in [-0.15, -0.1) is 0 Å². The molecule has 0 amide bonds. The second-order valence-electron chi connectivity index (χ2n) is 10.3. The summed E-state index contributed by atoms with van der Waals surface area (Å²) in [7, 11) is 2.23. The Kier molecular flexibility index (Phi) is 10.4. The first-order valence-corrected chi connectivity index (χ1v) is 13.4. The summed E-state index contributed by atoms with van der Waals surface area (Å²) in [6.45, 7) is 16.0. The highest BCUT2D eigenvalue weighted by molar-refractivity contribution is 7.48. The predicted molar refractivity (Wildman–Crippen MR) is 144 cm³/mol. The van der Waals surface area contributed by atoms with Crippen molar-refractivity contribution in [1.82, 2.24) is 0 Å². The van der Waals surface area contributed by atoms with E-state index in [-0.39, 0.29) is 24.0 Å². The Morgan fingerprint density at radius 1 is 1.00 bits per heavy atom. The molecule has 2 unspecified atom stereocenters. The van der Waals surface area contributed by atoms with Crippen molar-refractivity contribution < 1.29 is 14.6 Å². The summed E-state index contributed by atoms with van der Waals surface area (Å²) in [6.07, 6.45) is 5.72. The highest BCUT2D eigenvalue weighted by Gasteiger charge is 2.36. The van der Waals surface area contributed by atoms with E-state index in [1.807, 2.05) is 0 Å². The van der Waals surface area contributed by atoms with Crippen LogP contribution >= 0.6 is 8.58 Å². The van der Waals surface area contributed by atoms with E-state index >= 15 is 0 Å². The SMILES string of the molecule is CCCCCC(CC)(Pc1ccc(C)cc1CO)c1cc(C(C)(C)C)cc(C)c1OCOC. The zero-order valence-electron chi connectivity index (χ0n) is 22.1. The van der Waals surface area contributed by atoms with Crippen molar-refractivity contribution >= 4 is 13.9 Å². The van der Waals surface area contributed by atoms with Gasteiger partial charge < -0.3 is 14.6 Å². The molecular weight excluding hydrogens is 427 g/mol. The molecule has 0 heterocycles. The number of aliphatic hydroxyl groups excluding tert-OH is 1. The summed E-state index contributed by atoms with van der Waals surface area (Å²) in [4.78, 5) is 0. The Morgan fingerprint density at radius 2 is 1.73 bits per heavy atom. The summed E-state index contributed by atoms with van der Waals surface area (Å²) in [5, 5.41) is 11.3. The lowest BCUT2D eigenvalue weighted by Crippen LogP contribution is -2.27. The lowest BCUT2D eigenvalue weighted by Gasteiger charge is -2.37. The maximum Gasteiger partial charge on any atom is 0.188 e. The van der Waals surface area contributed by atoms with Crippen molar-refractivity contribution in [3.8, 4) is 5.75 Å². The van der Waals surface area contributed by atoms with E-state index in [0.29, 0.717) is 8.58 Å². The third-order valence-corrected chi connectivity index (χ3v) is 8.70. The summed E-state index contributed by atoms with van der Waals surface area (Å²) >= 11 is 0. The fourth-order valence-electron chi connectivity index (χ4n) is 4.50. The van der Waals surface area contributed by atoms with E-state index in [2.05, 4.69) is 78.8 Å². The fourth-order valence-corrected chi connectivity index (χ4v) is 6.29. The first-order chi connectivity index (χ1) is 15.6. The van der Waals surface area contributed by atoms with Crippen LogP contribution in [0.15, 0.2) is 30.3 Å². The number of aryl methyl sites for hydroxylation is 2. The van der Waals surface area contributed by atoms with Crippen LogP contribution in [-0.4, -0.2) is 19.0 Å². The minimum absolute atomic E-state index is 0.0470. The molecule has 1 N–H and O–H groups in total. The highest BCUT2D eigenvalue weighted by Crippen LogP contribution is 2.53. The van der Waals surface area contributed by atoms with Gasteiger partial charge in [-0.3, -0.25) is 0 Å². The number of ether oxygens (including phenoxy) is 2. The second-order valence-corrected chi connectivity index (χ2v) is 12.1. The minimum Gasteiger partial charge on any atom is -0.467 e. The largest absolute Gasteiger partial charge is 0.467 e. The van der Waals surface area contributed by atoms with E-state index in [0.717, 1.165) is 24.2 Å². The molecule has 0 saturated heterocycles. The van der Waals surface area contributed by atoms with Gasteiger partial charge in [0.1, 0.15) is 5.75 Å². The smallest absolute Gasteiger partial charge is 0.188 e. The zero-order valence-corrected chi connectivity index (χ0v) is 23.1. The van der Waals surface area contributed by atoms with Crippen LogP contribution in [0.5, 0.6) is 5.75 Å². The monoisotopic (exact) mass is 472 g/mol. The summed E-state index contributed by atoms with van der Waals surface area (Å²) in [5.41, 5.74) is 6.08. The second kappa shape index (κ2) is 12.3. The van der Waals surface area contributed by atoms with Crippen molar-refractivity contribution in [2.75, 3.05) is 13.9 Å². The highest BCUT2D eigenvalue weighted by atomic mass is 31.1. The first-order valence-electron chi connectivity index (χ1n) is 12.4. The molecule has 2 aromatic rings. The van der Waals surface area contributed by atoms with Gasteiger partial charge in [-0.1, -0.05) is 98.4 Å². The van der Waals surface area contributed by atoms with Gasteiger partial charge in [0.15, 0.2) is 6.79 Å². The van der Waals surface area contributed by atoms with Gasteiger partial charge in [0.05, 0.1) is 6.61 Å². The van der Waals surface area contributed by atoms with Crippen molar-refractivity contribution in [2.45, 2.75) is 97.7 Å². The molecule has 4 heteroatoms. The van der Waals surface area contributed by atoms with E-state index in [4.69, 9.17) is 9.47 Å². The van der Waals surface area contributed by atoms with Crippen LogP contribution in [0.2, 0.25) is 0 Å². The molecular formula is C29H45O3P. The Labute approximate surface area is 204 Å². The summed E-state index contributed by atoms with van der Waals surface area (Å²) in [6, 6.07) is 11.2. The molecule has 0 radical (unpaired) electrons. The molecule has 2 aromatic carbocycles. The molecule has 33 heavy (non-hydrogen) atoms. The van der Waals surface area contributed by atoms with Gasteiger partial charge in [0.2, 0.25) is 0 Å². The van der Waals surface area contributed by atoms with Crippen LogP contribution in [0, 0.1) is 13.8 Å². The average molecular weight is 473 g/mol. The van der Waals surface area contributed by atoms with Crippen LogP contribution in [0.1, 0.15) is 94.5 Å². The van der Waals surface area contributed by atoms with Gasteiger partial charge in [-0.05, 0) is 54.1 Å². The van der Waals surface area contributed by atoms with E-state index in [9.17, 15) is 5.11 Å². The van der Waals surface area contributed by atoms with Crippen molar-refractivity contribution in [3.05, 3.63) is 58.1 Å². The molecule has 0 saturated carbocycles. The Bertz CT molecular complexity index is 900. The third kappa shape index (κ3) is 7.04. The van der Waals surface area contributed by atoms with Crippen molar-refractivity contribution in [3.63, 3.8) is 0 Å². The Balaban J connectivity index is 2.75. The van der Waals surface area contributed by atoms with Crippen LogP contribution in [-0.2, 0) is 21.9 Å². The number of hydrogen-bond acceptors (Lipinski definition) is 3. The maximum absolute atomic E-state index is 10.1. The molecule has 2 atom stereocenters. The molecule has 0 fully saturated rings. The molecule has 0 aromatic heterocycles. The van der Waals surface area contributed by atoms with E-state index < -0.39 is 0 Å². The number of benzene rings is 2. The average Bonchev–Trinajstić information content (AvgIpc) is 2.77. The number of methoxy groups -OCH3 is 1. The molecule has 2 rings (SSSR count). The normalized spacial score (nSPS) is 14.1. The van der Waals surface area contributed by atoms with Gasteiger partial charge in [0, 0.05) is 17.8 Å². The minimum atomic E-state index is -0.0521. The van der Waals surface area contributed by atoms with E-state index in [1.54, 1.807) is 7.11 Å². The van der Waals surface area contributed by atoms with Crippen LogP contribution in [0.3, 0.4) is 0 Å². The number of aliphatic hydroxyl groups is 1. The summed E-state index contributed by atoms with van der Waals surface area (Å²) < 4.78 is 11.6. The molecule has 3 nitrogen and oxygen atoms in total. The fraction of sp³-hybridized carbons (Fsp3) is 0.586. The van der Waals surface area contributed by atoms with Gasteiger partial charge in [-0.25, -0.2) is 0 Å². The molecule has 0 aliphatic heterocycles. The molecule has 0 aliphatic rings. The molecule has 0 spiro atoms. The Morgan fingerprint density at radius 3 is 2.30 bits per heavy atom. The van der Waals surface area contributed by atoms with E-state index in [1.165, 1.54) is 46.8 Å². The maximum atomic E-state index is 10.1. The molecule has 184 valence electrons. The lowest BCUT2D eigenvalue weighted by molar-refractivity contribution is 0.0493. The third-order valence-electron chi connectivity index (χ3n) is 6.59. The molecule has 0 aliphatic carbocycles. The standard InChI is InChI=1S/C29H45O3P/c1-9-11-12-15-29(10-2,33-26-14-13-21(3)16-23(26)19-30)25-18-24(28(5,6)7)17-22(4)27(25)32-20-31-8/h13-14,16-18,30,33H,9-12,15,19-20H2,1-8H3. The first kappa shape index (κ1) is 27.8. The number of rotatable bonds is 12. The van der Waals surface area contributed by atoms with Crippen molar-refractivity contribution in [1.29, 1.82) is 0 Å². The zero-order chi connectivity index (χ0) is 24.6. The predicted octanol–water partition coefficient (Wildman–Crippen LogP) is 7.27. The number of unbranched alkanes of at least 4 members (excludes halogenated alkanes) is 2. The van der Waals surface area contributed by atoms with Gasteiger partial charge in [0.25, 0.3) is 0 Å². The van der Waals surface area contributed by atoms with Gasteiger partial charge in [-0.2, -0.15) is 0 Å². The van der Waals surface area contributed by atoms with Crippen molar-refractivity contribution in [2.24, 2.45) is 0 Å². The summed E-state index contributed by atoms with van der Waals surface area (Å²) in [5.74, 6) is 0.966. The number of hydrogen-bond donors (Lipinski definition) is 1. The van der Waals surface area contributed by atoms with Crippen LogP contribution in [0.4, 0.5) is 0 Å². The topological polar surface area (TPSA) is 38.7 Å². The van der Waals surface area contributed by atoms with Crippen LogP contribution in [0.25, 0.3) is 0 Å². The lowest BCUT2D eigenvalue weighted by atomic mass is 9.80. The Hall–Kier alpha value is -1.41. The van der Waals surface area contributed by atoms with Crippen LogP contribution < -0.4 is 10.0 Å². The van der Waals surface area contributed by atoms with Gasteiger partial charge >= 0.3 is 0 Å². The molecule has 0 bridgehead atoms. The quantitative estimate of drug-likeness (QED) is 0.201.